The van der Waals surface area contributed by atoms with Gasteiger partial charge < -0.3 is 10.2 Å². The molecule has 0 spiro atoms. The van der Waals surface area contributed by atoms with Gasteiger partial charge in [-0.15, -0.1) is 0 Å². The maximum atomic E-state index is 5.78. The van der Waals surface area contributed by atoms with Crippen LogP contribution in [0.1, 0.15) is 13.8 Å². The third-order valence-corrected chi connectivity index (χ3v) is 3.43. The van der Waals surface area contributed by atoms with Crippen molar-refractivity contribution >= 4 is 28.1 Å². The number of likely N-dealkylation sites (N-methyl/N-ethyl adjacent to an activating group) is 1. The lowest BCUT2D eigenvalue weighted by Gasteiger charge is -2.32. The molecule has 1 heterocycles. The molecule has 3 nitrogen and oxygen atoms in total. The van der Waals surface area contributed by atoms with Gasteiger partial charge in [-0.2, -0.15) is 0 Å². The normalized spacial score (nSPS) is 12.1. The number of anilines is 1. The van der Waals surface area contributed by atoms with Crippen LogP contribution in [-0.2, 0) is 0 Å². The molecule has 1 N–H and O–H groups in total. The molecule has 0 aliphatic rings. The number of nitrogens with one attached hydrogen (secondary N) is 1. The van der Waals surface area contributed by atoms with Crippen LogP contribution in [0.15, 0.2) is 6.20 Å². The molecule has 0 bridgehead atoms. The minimum atomic E-state index is 0.109. The molecule has 0 saturated carbocycles. The van der Waals surface area contributed by atoms with Gasteiger partial charge in [-0.1, -0.05) is 22.9 Å². The highest BCUT2D eigenvalue weighted by Gasteiger charge is 2.20. The van der Waals surface area contributed by atoms with Gasteiger partial charge in [0.05, 0.1) is 6.20 Å². The molecule has 0 unspecified atom stereocenters. The van der Waals surface area contributed by atoms with Crippen LogP contribution >= 0.6 is 22.9 Å². The monoisotopic (exact) mass is 233 g/mol. The molecule has 14 heavy (non-hydrogen) atoms. The zero-order valence-corrected chi connectivity index (χ0v) is 10.5. The molecule has 1 aromatic rings. The summed E-state index contributed by atoms with van der Waals surface area (Å²) >= 11 is 7.24. The second-order valence-electron chi connectivity index (χ2n) is 4.03. The summed E-state index contributed by atoms with van der Waals surface area (Å²) in [5.74, 6) is 0. The van der Waals surface area contributed by atoms with Crippen molar-refractivity contribution in [3.05, 3.63) is 10.5 Å². The first kappa shape index (κ1) is 11.8. The summed E-state index contributed by atoms with van der Waals surface area (Å²) in [5.41, 5.74) is 0.109. The van der Waals surface area contributed by atoms with Crippen molar-refractivity contribution < 1.29 is 0 Å². The molecule has 0 aliphatic carbocycles. The van der Waals surface area contributed by atoms with Crippen LogP contribution in [-0.4, -0.2) is 36.1 Å². The van der Waals surface area contributed by atoms with Gasteiger partial charge >= 0.3 is 0 Å². The SMILES string of the molecule is CN(C)C(C)(C)CNc1ncc(Cl)s1. The Labute approximate surface area is 94.1 Å². The highest BCUT2D eigenvalue weighted by molar-refractivity contribution is 7.19. The van der Waals surface area contributed by atoms with Crippen LogP contribution in [0.4, 0.5) is 5.13 Å². The Balaban J connectivity index is 2.48. The van der Waals surface area contributed by atoms with Crippen LogP contribution in [0.5, 0.6) is 0 Å². The molecule has 0 radical (unpaired) electrons. The van der Waals surface area contributed by atoms with Gasteiger partial charge in [0.1, 0.15) is 4.34 Å². The average Bonchev–Trinajstić information content (AvgIpc) is 2.48. The highest BCUT2D eigenvalue weighted by Crippen LogP contribution is 2.23. The second kappa shape index (κ2) is 4.47. The van der Waals surface area contributed by atoms with E-state index in [0.717, 1.165) is 16.0 Å². The summed E-state index contributed by atoms with van der Waals surface area (Å²) in [6, 6.07) is 0. The van der Waals surface area contributed by atoms with Crippen LogP contribution in [0.3, 0.4) is 0 Å². The molecule has 0 amide bonds. The Morgan fingerprint density at radius 2 is 2.21 bits per heavy atom. The van der Waals surface area contributed by atoms with Crippen LogP contribution in [0, 0.1) is 0 Å². The molecule has 5 heteroatoms. The molecule has 0 aromatic carbocycles. The fraction of sp³-hybridized carbons (Fsp3) is 0.667. The number of hydrogen-bond acceptors (Lipinski definition) is 4. The maximum absolute atomic E-state index is 5.78. The summed E-state index contributed by atoms with van der Waals surface area (Å²) in [4.78, 5) is 6.31. The molecule has 80 valence electrons. The Kier molecular flexibility index (Phi) is 3.75. The summed E-state index contributed by atoms with van der Waals surface area (Å²) in [6.45, 7) is 5.20. The maximum Gasteiger partial charge on any atom is 0.184 e. The summed E-state index contributed by atoms with van der Waals surface area (Å²) in [7, 11) is 4.13. The zero-order valence-electron chi connectivity index (χ0n) is 8.97. The zero-order chi connectivity index (χ0) is 10.8. The molecule has 0 saturated heterocycles. The number of halogens is 1. The Morgan fingerprint density at radius 1 is 1.57 bits per heavy atom. The highest BCUT2D eigenvalue weighted by atomic mass is 35.5. The lowest BCUT2D eigenvalue weighted by Crippen LogP contribution is -2.44. The predicted molar refractivity (Wildman–Crippen MR) is 63.4 cm³/mol. The van der Waals surface area contributed by atoms with Crippen molar-refractivity contribution in [3.8, 4) is 0 Å². The quantitative estimate of drug-likeness (QED) is 0.867. The molecular weight excluding hydrogens is 218 g/mol. The number of hydrogen-bond donors (Lipinski definition) is 1. The summed E-state index contributed by atoms with van der Waals surface area (Å²) in [5, 5.41) is 4.15. The molecule has 0 fully saturated rings. The Morgan fingerprint density at radius 3 is 2.64 bits per heavy atom. The average molecular weight is 234 g/mol. The van der Waals surface area contributed by atoms with E-state index in [9.17, 15) is 0 Å². The van der Waals surface area contributed by atoms with Crippen molar-refractivity contribution in [3.63, 3.8) is 0 Å². The van der Waals surface area contributed by atoms with E-state index < -0.39 is 0 Å². The summed E-state index contributed by atoms with van der Waals surface area (Å²) < 4.78 is 0.718. The first-order valence-corrected chi connectivity index (χ1v) is 5.64. The van der Waals surface area contributed by atoms with E-state index in [1.165, 1.54) is 11.3 Å². The van der Waals surface area contributed by atoms with Crippen molar-refractivity contribution in [1.29, 1.82) is 0 Å². The third kappa shape index (κ3) is 3.12. The topological polar surface area (TPSA) is 28.2 Å². The van der Waals surface area contributed by atoms with Crippen LogP contribution in [0.2, 0.25) is 4.34 Å². The van der Waals surface area contributed by atoms with Gasteiger partial charge in [-0.05, 0) is 27.9 Å². The predicted octanol–water partition coefficient (Wildman–Crippen LogP) is 2.55. The third-order valence-electron chi connectivity index (χ3n) is 2.36. The smallest absolute Gasteiger partial charge is 0.184 e. The van der Waals surface area contributed by atoms with E-state index in [4.69, 9.17) is 11.6 Å². The van der Waals surface area contributed by atoms with E-state index in [-0.39, 0.29) is 5.54 Å². The fourth-order valence-corrected chi connectivity index (χ4v) is 1.59. The molecular formula is C9H16ClN3S. The van der Waals surface area contributed by atoms with E-state index in [0.29, 0.717) is 0 Å². The van der Waals surface area contributed by atoms with E-state index in [1.54, 1.807) is 6.20 Å². The fourth-order valence-electron chi connectivity index (χ4n) is 0.786. The van der Waals surface area contributed by atoms with E-state index in [2.05, 4.69) is 43.1 Å². The lowest BCUT2D eigenvalue weighted by atomic mass is 10.1. The standard InChI is InChI=1S/C9H16ClN3S/c1-9(2,13(3)4)6-12-8-11-5-7(10)14-8/h5H,6H2,1-4H3,(H,11,12). The van der Waals surface area contributed by atoms with Crippen molar-refractivity contribution in [1.82, 2.24) is 9.88 Å². The lowest BCUT2D eigenvalue weighted by molar-refractivity contribution is 0.210. The summed E-state index contributed by atoms with van der Waals surface area (Å²) in [6.07, 6.45) is 1.66. The Bertz CT molecular complexity index is 296. The van der Waals surface area contributed by atoms with Crippen molar-refractivity contribution in [2.75, 3.05) is 26.0 Å². The van der Waals surface area contributed by atoms with E-state index in [1.807, 2.05) is 0 Å². The number of nitrogens with zero attached hydrogens (tertiary/aromatic N) is 2. The second-order valence-corrected chi connectivity index (χ2v) is 5.69. The van der Waals surface area contributed by atoms with Gasteiger partial charge in [0.2, 0.25) is 0 Å². The molecule has 0 aliphatic heterocycles. The number of rotatable bonds is 4. The Hall–Kier alpha value is -0.320. The van der Waals surface area contributed by atoms with Crippen LogP contribution < -0.4 is 5.32 Å². The van der Waals surface area contributed by atoms with Gasteiger partial charge in [-0.25, -0.2) is 4.98 Å². The minimum absolute atomic E-state index is 0.109. The number of aromatic nitrogens is 1. The van der Waals surface area contributed by atoms with Crippen molar-refractivity contribution in [2.45, 2.75) is 19.4 Å². The van der Waals surface area contributed by atoms with Gasteiger partial charge in [0.15, 0.2) is 5.13 Å². The molecule has 0 atom stereocenters. The van der Waals surface area contributed by atoms with Crippen molar-refractivity contribution in [2.24, 2.45) is 0 Å². The number of thiazole rings is 1. The van der Waals surface area contributed by atoms with Gasteiger partial charge in [0.25, 0.3) is 0 Å². The largest absolute Gasteiger partial charge is 0.360 e. The minimum Gasteiger partial charge on any atom is -0.360 e. The van der Waals surface area contributed by atoms with Gasteiger partial charge in [-0.3, -0.25) is 0 Å². The molecule has 1 aromatic heterocycles. The first-order chi connectivity index (χ1) is 6.42. The van der Waals surface area contributed by atoms with Crippen LogP contribution in [0.25, 0.3) is 0 Å². The first-order valence-electron chi connectivity index (χ1n) is 4.44. The molecule has 1 rings (SSSR count). The van der Waals surface area contributed by atoms with E-state index >= 15 is 0 Å². The van der Waals surface area contributed by atoms with Gasteiger partial charge in [0, 0.05) is 12.1 Å².